The van der Waals surface area contributed by atoms with Gasteiger partial charge >= 0.3 is 5.97 Å². The molecule has 0 fully saturated rings. The van der Waals surface area contributed by atoms with Gasteiger partial charge in [-0.3, -0.25) is 15.1 Å². The van der Waals surface area contributed by atoms with Crippen molar-refractivity contribution in [2.24, 2.45) is 0 Å². The molecule has 3 aromatic carbocycles. The van der Waals surface area contributed by atoms with Crippen LogP contribution >= 0.6 is 0 Å². The lowest BCUT2D eigenvalue weighted by atomic mass is 9.96. The van der Waals surface area contributed by atoms with E-state index in [1.807, 2.05) is 38.1 Å². The highest BCUT2D eigenvalue weighted by molar-refractivity contribution is 5.96. The van der Waals surface area contributed by atoms with Gasteiger partial charge in [-0.2, -0.15) is 0 Å². The number of phenolic OH excluding ortho intramolecular Hbond substituents is 1. The normalized spacial score (nSPS) is 10.8. The third-order valence-corrected chi connectivity index (χ3v) is 5.53. The molecule has 0 atom stereocenters. The van der Waals surface area contributed by atoms with E-state index in [2.05, 4.69) is 4.98 Å². The first kappa shape index (κ1) is 22.0. The highest BCUT2D eigenvalue weighted by Crippen LogP contribution is 2.26. The van der Waals surface area contributed by atoms with Gasteiger partial charge in [-0.15, -0.1) is 0 Å². The molecule has 0 amide bonds. The molecule has 1 heterocycles. The standard InChI is InChI=1S/C26H22N2O5/c1-16-12-18(13-17(2)25(16)29)5-6-19-14-20(15-24-23(19)4-3-11-27-24)26(30)33-22-9-7-21(8-10-22)28(31)32/h3-4,7-15,29H,5-6H2,1-2H3. The van der Waals surface area contributed by atoms with E-state index in [-0.39, 0.29) is 11.4 Å². The Morgan fingerprint density at radius 1 is 1.03 bits per heavy atom. The maximum atomic E-state index is 12.8. The van der Waals surface area contributed by atoms with Gasteiger partial charge in [0.1, 0.15) is 11.5 Å². The predicted octanol–water partition coefficient (Wildman–Crippen LogP) is 5.47. The highest BCUT2D eigenvalue weighted by atomic mass is 16.6. The average molecular weight is 442 g/mol. The Morgan fingerprint density at radius 3 is 2.39 bits per heavy atom. The number of benzene rings is 3. The number of hydrogen-bond acceptors (Lipinski definition) is 6. The molecule has 0 aliphatic heterocycles. The minimum Gasteiger partial charge on any atom is -0.507 e. The van der Waals surface area contributed by atoms with Crippen molar-refractivity contribution in [1.29, 1.82) is 0 Å². The summed E-state index contributed by atoms with van der Waals surface area (Å²) < 4.78 is 5.43. The third-order valence-electron chi connectivity index (χ3n) is 5.53. The molecule has 7 nitrogen and oxygen atoms in total. The number of esters is 1. The number of carbonyl (C=O) groups excluding carboxylic acids is 1. The molecule has 0 radical (unpaired) electrons. The fourth-order valence-corrected chi connectivity index (χ4v) is 3.85. The second kappa shape index (κ2) is 9.08. The molecule has 0 bridgehead atoms. The summed E-state index contributed by atoms with van der Waals surface area (Å²) in [6.07, 6.45) is 3.07. The molecule has 4 rings (SSSR count). The second-order valence-corrected chi connectivity index (χ2v) is 7.92. The first-order valence-corrected chi connectivity index (χ1v) is 10.4. The van der Waals surface area contributed by atoms with Crippen LogP contribution in [0.2, 0.25) is 0 Å². The Balaban J connectivity index is 1.61. The second-order valence-electron chi connectivity index (χ2n) is 7.92. The number of non-ortho nitro benzene ring substituents is 1. The van der Waals surface area contributed by atoms with Crippen LogP contribution in [0.1, 0.15) is 32.6 Å². The average Bonchev–Trinajstić information content (AvgIpc) is 2.81. The van der Waals surface area contributed by atoms with E-state index >= 15 is 0 Å². The van der Waals surface area contributed by atoms with Gasteiger partial charge in [-0.25, -0.2) is 4.79 Å². The molecule has 166 valence electrons. The van der Waals surface area contributed by atoms with Crippen LogP contribution in [-0.4, -0.2) is 21.0 Å². The monoisotopic (exact) mass is 442 g/mol. The smallest absolute Gasteiger partial charge is 0.343 e. The number of rotatable bonds is 6. The zero-order valence-corrected chi connectivity index (χ0v) is 18.2. The summed E-state index contributed by atoms with van der Waals surface area (Å²) in [5, 5.41) is 21.8. The SMILES string of the molecule is Cc1cc(CCc2cc(C(=O)Oc3ccc([N+](=O)[O-])cc3)cc3ncccc23)cc(C)c1O. The van der Waals surface area contributed by atoms with Crippen LogP contribution < -0.4 is 4.74 Å². The van der Waals surface area contributed by atoms with E-state index in [9.17, 15) is 20.0 Å². The van der Waals surface area contributed by atoms with Gasteiger partial charge in [-0.05, 0) is 79.3 Å². The lowest BCUT2D eigenvalue weighted by Crippen LogP contribution is -2.10. The van der Waals surface area contributed by atoms with Crippen LogP contribution in [0.3, 0.4) is 0 Å². The fraction of sp³-hybridized carbons (Fsp3) is 0.154. The number of nitro benzene ring substituents is 1. The molecule has 0 aliphatic rings. The maximum absolute atomic E-state index is 12.8. The zero-order valence-electron chi connectivity index (χ0n) is 18.2. The van der Waals surface area contributed by atoms with Crippen molar-refractivity contribution in [3.63, 3.8) is 0 Å². The lowest BCUT2D eigenvalue weighted by molar-refractivity contribution is -0.384. The van der Waals surface area contributed by atoms with Gasteiger partial charge in [0, 0.05) is 23.7 Å². The first-order chi connectivity index (χ1) is 15.8. The molecule has 1 N–H and O–H groups in total. The number of phenols is 1. The fourth-order valence-electron chi connectivity index (χ4n) is 3.85. The number of fused-ring (bicyclic) bond motifs is 1. The van der Waals surface area contributed by atoms with Crippen LogP contribution in [0, 0.1) is 24.0 Å². The highest BCUT2D eigenvalue weighted by Gasteiger charge is 2.15. The summed E-state index contributed by atoms with van der Waals surface area (Å²) in [7, 11) is 0. The largest absolute Gasteiger partial charge is 0.507 e. The molecule has 0 saturated carbocycles. The van der Waals surface area contributed by atoms with E-state index < -0.39 is 10.9 Å². The van der Waals surface area contributed by atoms with Crippen molar-refractivity contribution in [3.05, 3.63) is 105 Å². The van der Waals surface area contributed by atoms with Crippen LogP contribution in [0.25, 0.3) is 10.9 Å². The summed E-state index contributed by atoms with van der Waals surface area (Å²) >= 11 is 0. The third kappa shape index (κ3) is 4.82. The van der Waals surface area contributed by atoms with E-state index in [1.165, 1.54) is 24.3 Å². The Kier molecular flexibility index (Phi) is 6.04. The first-order valence-electron chi connectivity index (χ1n) is 10.4. The van der Waals surface area contributed by atoms with Crippen molar-refractivity contribution < 1.29 is 19.6 Å². The van der Waals surface area contributed by atoms with Crippen LogP contribution in [-0.2, 0) is 12.8 Å². The number of pyridine rings is 1. The van der Waals surface area contributed by atoms with Crippen LogP contribution in [0.4, 0.5) is 5.69 Å². The number of carbonyl (C=O) groups is 1. The van der Waals surface area contributed by atoms with Gasteiger partial charge in [-0.1, -0.05) is 18.2 Å². The summed E-state index contributed by atoms with van der Waals surface area (Å²) in [5.74, 6) is -0.0262. The van der Waals surface area contributed by atoms with Crippen LogP contribution in [0.5, 0.6) is 11.5 Å². The summed E-state index contributed by atoms with van der Waals surface area (Å²) in [6, 6.07) is 16.6. The molecular weight excluding hydrogens is 420 g/mol. The number of aryl methyl sites for hydroxylation is 4. The Morgan fingerprint density at radius 2 is 1.73 bits per heavy atom. The topological polar surface area (TPSA) is 103 Å². The molecule has 0 spiro atoms. The molecule has 4 aromatic rings. The Labute approximate surface area is 190 Å². The molecule has 0 saturated heterocycles. The minimum atomic E-state index is -0.561. The molecule has 33 heavy (non-hydrogen) atoms. The van der Waals surface area contributed by atoms with Gasteiger partial charge in [0.25, 0.3) is 5.69 Å². The number of hydrogen-bond donors (Lipinski definition) is 1. The minimum absolute atomic E-state index is 0.0771. The Bertz CT molecular complexity index is 1340. The van der Waals surface area contributed by atoms with Crippen molar-refractivity contribution in [1.82, 2.24) is 4.98 Å². The number of nitrogens with zero attached hydrogens (tertiary/aromatic N) is 2. The van der Waals surface area contributed by atoms with Crippen LogP contribution in [0.15, 0.2) is 66.9 Å². The Hall–Kier alpha value is -4.26. The molecular formula is C26H22N2O5. The number of aromatic nitrogens is 1. The van der Waals surface area contributed by atoms with Gasteiger partial charge in [0.05, 0.1) is 16.0 Å². The van der Waals surface area contributed by atoms with Gasteiger partial charge in [0.2, 0.25) is 0 Å². The van der Waals surface area contributed by atoms with Crippen molar-refractivity contribution in [2.75, 3.05) is 0 Å². The summed E-state index contributed by atoms with van der Waals surface area (Å²) in [4.78, 5) is 27.5. The van der Waals surface area contributed by atoms with E-state index in [1.54, 1.807) is 18.3 Å². The summed E-state index contributed by atoms with van der Waals surface area (Å²) in [5.41, 5.74) is 4.68. The van der Waals surface area contributed by atoms with E-state index in [4.69, 9.17) is 4.74 Å². The number of aromatic hydroxyl groups is 1. The van der Waals surface area contributed by atoms with Crippen molar-refractivity contribution in [3.8, 4) is 11.5 Å². The molecule has 7 heteroatoms. The molecule has 0 unspecified atom stereocenters. The zero-order chi connectivity index (χ0) is 23.5. The van der Waals surface area contributed by atoms with Crippen molar-refractivity contribution in [2.45, 2.75) is 26.7 Å². The molecule has 0 aliphatic carbocycles. The van der Waals surface area contributed by atoms with E-state index in [0.717, 1.165) is 34.1 Å². The number of ether oxygens (including phenoxy) is 1. The summed E-state index contributed by atoms with van der Waals surface area (Å²) in [6.45, 7) is 3.75. The lowest BCUT2D eigenvalue weighted by Gasteiger charge is -2.11. The predicted molar refractivity (Wildman–Crippen MR) is 125 cm³/mol. The van der Waals surface area contributed by atoms with Crippen molar-refractivity contribution >= 4 is 22.6 Å². The molecule has 1 aromatic heterocycles. The maximum Gasteiger partial charge on any atom is 0.343 e. The number of nitro groups is 1. The van der Waals surface area contributed by atoms with Gasteiger partial charge in [0.15, 0.2) is 0 Å². The van der Waals surface area contributed by atoms with Gasteiger partial charge < -0.3 is 9.84 Å². The quantitative estimate of drug-likeness (QED) is 0.184. The van der Waals surface area contributed by atoms with E-state index in [0.29, 0.717) is 23.3 Å².